The largest absolute Gasteiger partial charge is 0.294 e. The maximum atomic E-state index is 6.12. The molecule has 0 saturated heterocycles. The monoisotopic (exact) mass is 224 g/mol. The average Bonchev–Trinajstić information content (AvgIpc) is 2.16. The van der Waals surface area contributed by atoms with Crippen LogP contribution in [0.15, 0.2) is 12.3 Å². The van der Waals surface area contributed by atoms with E-state index in [0.717, 1.165) is 19.5 Å². The molecule has 1 aromatic heterocycles. The third-order valence-electron chi connectivity index (χ3n) is 3.05. The molecule has 0 fully saturated rings. The van der Waals surface area contributed by atoms with Crippen molar-refractivity contribution in [1.29, 1.82) is 0 Å². The molecule has 2 heterocycles. The zero-order valence-electron chi connectivity index (χ0n) is 9.55. The number of nitrogens with zero attached hydrogens (tertiary/aromatic N) is 2. The maximum absolute atomic E-state index is 6.12. The Kier molecular flexibility index (Phi) is 2.73. The summed E-state index contributed by atoms with van der Waals surface area (Å²) in [6.45, 7) is 8.75. The lowest BCUT2D eigenvalue weighted by atomic mass is 9.97. The van der Waals surface area contributed by atoms with Gasteiger partial charge in [0.15, 0.2) is 0 Å². The van der Waals surface area contributed by atoms with Crippen molar-refractivity contribution in [3.63, 3.8) is 0 Å². The molecule has 0 saturated carbocycles. The Morgan fingerprint density at radius 1 is 1.40 bits per heavy atom. The van der Waals surface area contributed by atoms with E-state index in [9.17, 15) is 0 Å². The molecular weight excluding hydrogens is 208 g/mol. The highest BCUT2D eigenvalue weighted by Gasteiger charge is 2.26. The van der Waals surface area contributed by atoms with Crippen LogP contribution in [0.5, 0.6) is 0 Å². The Labute approximate surface area is 96.3 Å². The van der Waals surface area contributed by atoms with E-state index in [1.807, 2.05) is 0 Å². The molecule has 0 aromatic carbocycles. The van der Waals surface area contributed by atoms with Crippen LogP contribution in [0.25, 0.3) is 0 Å². The second kappa shape index (κ2) is 3.76. The fourth-order valence-corrected chi connectivity index (χ4v) is 2.24. The van der Waals surface area contributed by atoms with Gasteiger partial charge in [-0.15, -0.1) is 0 Å². The predicted molar refractivity (Wildman–Crippen MR) is 63.1 cm³/mol. The van der Waals surface area contributed by atoms with Crippen molar-refractivity contribution < 1.29 is 0 Å². The molecule has 2 rings (SSSR count). The van der Waals surface area contributed by atoms with Gasteiger partial charge in [0.05, 0.1) is 0 Å². The Morgan fingerprint density at radius 2 is 2.13 bits per heavy atom. The van der Waals surface area contributed by atoms with Crippen LogP contribution in [0.4, 0.5) is 0 Å². The number of aromatic nitrogens is 1. The lowest BCUT2D eigenvalue weighted by Crippen LogP contribution is -2.44. The fraction of sp³-hybridized carbons (Fsp3) is 0.583. The Bertz CT molecular complexity index is 368. The van der Waals surface area contributed by atoms with E-state index in [1.54, 1.807) is 6.20 Å². The molecule has 1 aromatic rings. The van der Waals surface area contributed by atoms with Gasteiger partial charge in [-0.05, 0) is 38.8 Å². The van der Waals surface area contributed by atoms with E-state index in [2.05, 4.69) is 36.7 Å². The summed E-state index contributed by atoms with van der Waals surface area (Å²) < 4.78 is 0. The number of hydrogen-bond donors (Lipinski definition) is 0. The standard InChI is InChI=1S/C12H17ClN2/c1-12(2,3)15-7-5-9-4-6-14-11(13)10(9)8-15/h4,6H,5,7-8H2,1-3H3. The second-order valence-corrected chi connectivity index (χ2v) is 5.44. The van der Waals surface area contributed by atoms with E-state index in [0.29, 0.717) is 5.15 Å². The number of rotatable bonds is 0. The lowest BCUT2D eigenvalue weighted by Gasteiger charge is -2.39. The maximum Gasteiger partial charge on any atom is 0.133 e. The first kappa shape index (κ1) is 10.9. The summed E-state index contributed by atoms with van der Waals surface area (Å²) in [7, 11) is 0. The van der Waals surface area contributed by atoms with Crippen molar-refractivity contribution in [2.75, 3.05) is 6.54 Å². The van der Waals surface area contributed by atoms with Gasteiger partial charge in [0.25, 0.3) is 0 Å². The first-order valence-electron chi connectivity index (χ1n) is 5.36. The summed E-state index contributed by atoms with van der Waals surface area (Å²) in [5, 5.41) is 0.668. The average molecular weight is 225 g/mol. The normalized spacial score (nSPS) is 17.6. The van der Waals surface area contributed by atoms with Gasteiger partial charge in [0.1, 0.15) is 5.15 Å². The molecule has 3 heteroatoms. The highest BCUT2D eigenvalue weighted by atomic mass is 35.5. The number of pyridine rings is 1. The van der Waals surface area contributed by atoms with Crippen LogP contribution in [0.1, 0.15) is 31.9 Å². The highest BCUT2D eigenvalue weighted by Crippen LogP contribution is 2.28. The molecule has 0 aliphatic carbocycles. The molecule has 1 aliphatic rings. The number of fused-ring (bicyclic) bond motifs is 1. The minimum atomic E-state index is 0.205. The Morgan fingerprint density at radius 3 is 2.80 bits per heavy atom. The van der Waals surface area contributed by atoms with Crippen LogP contribution in [-0.4, -0.2) is 22.0 Å². The molecule has 1 aliphatic heterocycles. The molecule has 0 amide bonds. The molecule has 0 unspecified atom stereocenters. The van der Waals surface area contributed by atoms with Crippen LogP contribution in [0.2, 0.25) is 5.15 Å². The van der Waals surface area contributed by atoms with Gasteiger partial charge in [-0.2, -0.15) is 0 Å². The van der Waals surface area contributed by atoms with E-state index in [4.69, 9.17) is 11.6 Å². The molecule has 0 atom stereocenters. The summed E-state index contributed by atoms with van der Waals surface area (Å²) in [6, 6.07) is 2.08. The van der Waals surface area contributed by atoms with Gasteiger partial charge < -0.3 is 0 Å². The molecule has 0 bridgehead atoms. The van der Waals surface area contributed by atoms with Gasteiger partial charge in [0, 0.05) is 30.4 Å². The molecule has 0 N–H and O–H groups in total. The van der Waals surface area contributed by atoms with E-state index in [-0.39, 0.29) is 5.54 Å². The zero-order chi connectivity index (χ0) is 11.1. The predicted octanol–water partition coefficient (Wildman–Crippen LogP) is 2.89. The molecule has 15 heavy (non-hydrogen) atoms. The molecule has 2 nitrogen and oxygen atoms in total. The van der Waals surface area contributed by atoms with E-state index in [1.165, 1.54) is 11.1 Å². The van der Waals surface area contributed by atoms with Gasteiger partial charge in [0.2, 0.25) is 0 Å². The summed E-state index contributed by atoms with van der Waals surface area (Å²) in [5.74, 6) is 0. The van der Waals surface area contributed by atoms with E-state index >= 15 is 0 Å². The van der Waals surface area contributed by atoms with Crippen molar-refractivity contribution in [2.45, 2.75) is 39.3 Å². The summed E-state index contributed by atoms with van der Waals surface area (Å²) in [4.78, 5) is 6.60. The quantitative estimate of drug-likeness (QED) is 0.630. The smallest absolute Gasteiger partial charge is 0.133 e. The summed E-state index contributed by atoms with van der Waals surface area (Å²) in [5.41, 5.74) is 2.77. The van der Waals surface area contributed by atoms with Gasteiger partial charge in [-0.3, -0.25) is 4.90 Å². The van der Waals surface area contributed by atoms with Crippen molar-refractivity contribution >= 4 is 11.6 Å². The fourth-order valence-electron chi connectivity index (χ4n) is 2.00. The van der Waals surface area contributed by atoms with Crippen LogP contribution < -0.4 is 0 Å². The zero-order valence-corrected chi connectivity index (χ0v) is 10.3. The van der Waals surface area contributed by atoms with Gasteiger partial charge >= 0.3 is 0 Å². The van der Waals surface area contributed by atoms with Crippen LogP contribution in [0.3, 0.4) is 0 Å². The lowest BCUT2D eigenvalue weighted by molar-refractivity contribution is 0.120. The Balaban J connectivity index is 2.30. The number of halogens is 1. The second-order valence-electron chi connectivity index (χ2n) is 5.08. The third kappa shape index (κ3) is 2.16. The van der Waals surface area contributed by atoms with Crippen molar-refractivity contribution in [3.8, 4) is 0 Å². The van der Waals surface area contributed by atoms with Gasteiger partial charge in [-0.25, -0.2) is 4.98 Å². The van der Waals surface area contributed by atoms with Crippen molar-refractivity contribution in [3.05, 3.63) is 28.5 Å². The highest BCUT2D eigenvalue weighted by molar-refractivity contribution is 6.30. The molecule has 0 radical (unpaired) electrons. The first-order chi connectivity index (χ1) is 6.98. The minimum absolute atomic E-state index is 0.205. The van der Waals surface area contributed by atoms with Crippen molar-refractivity contribution in [2.24, 2.45) is 0 Å². The van der Waals surface area contributed by atoms with Crippen molar-refractivity contribution in [1.82, 2.24) is 9.88 Å². The summed E-state index contributed by atoms with van der Waals surface area (Å²) >= 11 is 6.12. The van der Waals surface area contributed by atoms with Crippen LogP contribution >= 0.6 is 11.6 Å². The minimum Gasteiger partial charge on any atom is -0.294 e. The van der Waals surface area contributed by atoms with Crippen LogP contribution in [-0.2, 0) is 13.0 Å². The number of hydrogen-bond acceptors (Lipinski definition) is 2. The SMILES string of the molecule is CC(C)(C)N1CCc2ccnc(Cl)c2C1. The van der Waals surface area contributed by atoms with Gasteiger partial charge in [-0.1, -0.05) is 11.6 Å². The third-order valence-corrected chi connectivity index (χ3v) is 3.37. The molecule has 82 valence electrons. The topological polar surface area (TPSA) is 16.1 Å². The van der Waals surface area contributed by atoms with Crippen LogP contribution in [0, 0.1) is 0 Å². The molecular formula is C12H17ClN2. The molecule has 0 spiro atoms. The van der Waals surface area contributed by atoms with E-state index < -0.39 is 0 Å². The first-order valence-corrected chi connectivity index (χ1v) is 5.73. The Hall–Kier alpha value is -0.600. The summed E-state index contributed by atoms with van der Waals surface area (Å²) in [6.07, 6.45) is 2.88.